The Kier molecular flexibility index (Phi) is 6.78. The van der Waals surface area contributed by atoms with E-state index in [0.717, 1.165) is 11.8 Å². The van der Waals surface area contributed by atoms with Crippen LogP contribution < -0.4 is 15.6 Å². The van der Waals surface area contributed by atoms with Crippen LogP contribution >= 0.6 is 11.8 Å². The van der Waals surface area contributed by atoms with E-state index in [1.807, 2.05) is 0 Å². The van der Waals surface area contributed by atoms with Crippen molar-refractivity contribution in [1.82, 2.24) is 9.55 Å². The van der Waals surface area contributed by atoms with Gasteiger partial charge in [-0.3, -0.25) is 24.3 Å². The summed E-state index contributed by atoms with van der Waals surface area (Å²) < 4.78 is 20.5. The van der Waals surface area contributed by atoms with Gasteiger partial charge in [0.05, 0.1) is 40.4 Å². The monoisotopic (exact) mass is 494 g/mol. The molecule has 3 aromatic carbocycles. The summed E-state index contributed by atoms with van der Waals surface area (Å²) in [6.45, 7) is 1.61. The first-order valence-electron chi connectivity index (χ1n) is 10.3. The van der Waals surface area contributed by atoms with Crippen molar-refractivity contribution in [2.24, 2.45) is 0 Å². The molecule has 1 heterocycles. The lowest BCUT2D eigenvalue weighted by Crippen LogP contribution is -2.23. The number of fused-ring (bicyclic) bond motifs is 1. The van der Waals surface area contributed by atoms with Crippen molar-refractivity contribution in [3.63, 3.8) is 0 Å². The van der Waals surface area contributed by atoms with E-state index in [1.54, 1.807) is 43.3 Å². The highest BCUT2D eigenvalue weighted by Crippen LogP contribution is 2.29. The lowest BCUT2D eigenvalue weighted by molar-refractivity contribution is -0.384. The van der Waals surface area contributed by atoms with Gasteiger partial charge in [-0.2, -0.15) is 0 Å². The average Bonchev–Trinajstić information content (AvgIpc) is 2.85. The number of hydrogen-bond donors (Lipinski definition) is 1. The maximum Gasteiger partial charge on any atom is 0.296 e. The average molecular weight is 495 g/mol. The Balaban J connectivity index is 1.67. The Morgan fingerprint density at radius 2 is 1.97 bits per heavy atom. The number of nitro benzene ring substituents is 1. The number of benzene rings is 3. The van der Waals surface area contributed by atoms with Gasteiger partial charge in [0, 0.05) is 0 Å². The summed E-state index contributed by atoms with van der Waals surface area (Å²) in [7, 11) is 1.38. The number of methoxy groups -OCH3 is 1. The van der Waals surface area contributed by atoms with E-state index in [9.17, 15) is 24.1 Å². The third-order valence-electron chi connectivity index (χ3n) is 5.17. The Morgan fingerprint density at radius 3 is 2.69 bits per heavy atom. The van der Waals surface area contributed by atoms with E-state index in [4.69, 9.17) is 4.74 Å². The van der Waals surface area contributed by atoms with Gasteiger partial charge in [0.25, 0.3) is 11.2 Å². The summed E-state index contributed by atoms with van der Waals surface area (Å²) in [5, 5.41) is 14.4. The highest BCUT2D eigenvalue weighted by atomic mass is 32.2. The molecule has 0 fully saturated rings. The Hall–Kier alpha value is -4.25. The van der Waals surface area contributed by atoms with Gasteiger partial charge in [-0.15, -0.1) is 0 Å². The maximum atomic E-state index is 14.3. The SMILES string of the molecule is COc1ccc(NC(=O)CSc2nc3ccccc3c(=O)n2-c2ccc(C)c(F)c2)c([N+](=O)[O-])c1. The van der Waals surface area contributed by atoms with Crippen molar-refractivity contribution in [3.05, 3.63) is 92.5 Å². The van der Waals surface area contributed by atoms with Crippen LogP contribution in [0.5, 0.6) is 5.75 Å². The van der Waals surface area contributed by atoms with Crippen molar-refractivity contribution < 1.29 is 18.8 Å². The molecule has 0 atom stereocenters. The van der Waals surface area contributed by atoms with E-state index in [1.165, 1.54) is 35.9 Å². The largest absolute Gasteiger partial charge is 0.496 e. The molecule has 1 N–H and O–H groups in total. The van der Waals surface area contributed by atoms with Crippen molar-refractivity contribution in [1.29, 1.82) is 0 Å². The first kappa shape index (κ1) is 23.9. The summed E-state index contributed by atoms with van der Waals surface area (Å²) in [4.78, 5) is 41.2. The van der Waals surface area contributed by atoms with Crippen LogP contribution in [-0.2, 0) is 4.79 Å². The van der Waals surface area contributed by atoms with Crippen LogP contribution in [0.3, 0.4) is 0 Å². The van der Waals surface area contributed by atoms with Crippen molar-refractivity contribution in [2.75, 3.05) is 18.2 Å². The molecule has 1 aromatic heterocycles. The Labute approximate surface area is 202 Å². The number of amides is 1. The molecule has 0 spiro atoms. The van der Waals surface area contributed by atoms with Crippen LogP contribution in [0.4, 0.5) is 15.8 Å². The van der Waals surface area contributed by atoms with Crippen LogP contribution in [0.15, 0.2) is 70.6 Å². The molecule has 178 valence electrons. The number of para-hydroxylation sites is 1. The second kappa shape index (κ2) is 9.94. The fourth-order valence-electron chi connectivity index (χ4n) is 3.37. The molecule has 0 aliphatic rings. The molecular weight excluding hydrogens is 475 g/mol. The minimum atomic E-state index is -0.625. The predicted molar refractivity (Wildman–Crippen MR) is 131 cm³/mol. The highest BCUT2D eigenvalue weighted by molar-refractivity contribution is 7.99. The molecule has 9 nitrogen and oxygen atoms in total. The number of halogens is 1. The zero-order valence-corrected chi connectivity index (χ0v) is 19.5. The molecular formula is C24H19FN4O5S. The molecule has 0 saturated carbocycles. The maximum absolute atomic E-state index is 14.3. The summed E-state index contributed by atoms with van der Waals surface area (Å²) in [5.74, 6) is -0.961. The van der Waals surface area contributed by atoms with Crippen LogP contribution in [0, 0.1) is 22.9 Å². The van der Waals surface area contributed by atoms with E-state index >= 15 is 0 Å². The number of carbonyl (C=O) groups excluding carboxylic acids is 1. The summed E-state index contributed by atoms with van der Waals surface area (Å²) in [5.41, 5.74) is 0.391. The van der Waals surface area contributed by atoms with Gasteiger partial charge in [-0.25, -0.2) is 9.37 Å². The number of carbonyl (C=O) groups is 1. The lowest BCUT2D eigenvalue weighted by Gasteiger charge is -2.14. The van der Waals surface area contributed by atoms with Gasteiger partial charge in [-0.05, 0) is 48.9 Å². The fraction of sp³-hybridized carbons (Fsp3) is 0.125. The smallest absolute Gasteiger partial charge is 0.296 e. The van der Waals surface area contributed by atoms with Crippen LogP contribution in [-0.4, -0.2) is 33.2 Å². The number of aromatic nitrogens is 2. The third kappa shape index (κ3) is 4.99. The molecule has 0 saturated heterocycles. The van der Waals surface area contributed by atoms with Crippen molar-refractivity contribution >= 4 is 39.9 Å². The number of hydrogen-bond acceptors (Lipinski definition) is 7. The van der Waals surface area contributed by atoms with Crippen molar-refractivity contribution in [2.45, 2.75) is 12.1 Å². The Bertz CT molecular complexity index is 1520. The van der Waals surface area contributed by atoms with Crippen LogP contribution in [0.25, 0.3) is 16.6 Å². The van der Waals surface area contributed by atoms with Crippen LogP contribution in [0.1, 0.15) is 5.56 Å². The molecule has 35 heavy (non-hydrogen) atoms. The molecule has 4 aromatic rings. The fourth-order valence-corrected chi connectivity index (χ4v) is 4.18. The number of ether oxygens (including phenoxy) is 1. The van der Waals surface area contributed by atoms with Gasteiger partial charge in [0.1, 0.15) is 17.3 Å². The molecule has 0 bridgehead atoms. The summed E-state index contributed by atoms with van der Waals surface area (Å²) in [6.07, 6.45) is 0. The lowest BCUT2D eigenvalue weighted by atomic mass is 10.2. The summed E-state index contributed by atoms with van der Waals surface area (Å²) in [6, 6.07) is 15.2. The summed E-state index contributed by atoms with van der Waals surface area (Å²) >= 11 is 0.953. The molecule has 0 aliphatic heterocycles. The van der Waals surface area contributed by atoms with E-state index < -0.39 is 22.2 Å². The highest BCUT2D eigenvalue weighted by Gasteiger charge is 2.19. The number of aryl methyl sites for hydroxylation is 1. The minimum Gasteiger partial charge on any atom is -0.496 e. The molecule has 0 radical (unpaired) electrons. The Morgan fingerprint density at radius 1 is 1.20 bits per heavy atom. The number of nitro groups is 1. The minimum absolute atomic E-state index is 0.00543. The molecule has 1 amide bonds. The zero-order valence-electron chi connectivity index (χ0n) is 18.6. The number of rotatable bonds is 7. The second-order valence-corrected chi connectivity index (χ2v) is 8.41. The molecule has 11 heteroatoms. The first-order valence-corrected chi connectivity index (χ1v) is 11.3. The van der Waals surface area contributed by atoms with Gasteiger partial charge in [0.2, 0.25) is 5.91 Å². The molecule has 4 rings (SSSR count). The molecule has 0 aliphatic carbocycles. The van der Waals surface area contributed by atoms with E-state index in [2.05, 4.69) is 10.3 Å². The number of nitrogens with zero attached hydrogens (tertiary/aromatic N) is 3. The zero-order chi connectivity index (χ0) is 25.1. The third-order valence-corrected chi connectivity index (χ3v) is 6.11. The second-order valence-electron chi connectivity index (χ2n) is 7.46. The number of thioether (sulfide) groups is 1. The quantitative estimate of drug-likeness (QED) is 0.174. The van der Waals surface area contributed by atoms with E-state index in [0.29, 0.717) is 16.5 Å². The van der Waals surface area contributed by atoms with Crippen molar-refractivity contribution in [3.8, 4) is 11.4 Å². The van der Waals surface area contributed by atoms with Gasteiger partial charge in [0.15, 0.2) is 5.16 Å². The van der Waals surface area contributed by atoms with E-state index in [-0.39, 0.29) is 33.7 Å². The number of anilines is 1. The normalized spacial score (nSPS) is 10.8. The predicted octanol–water partition coefficient (Wildman–Crippen LogP) is 4.48. The topological polar surface area (TPSA) is 116 Å². The standard InChI is InChI=1S/C24H19FN4O5S/c1-14-7-8-15(11-18(14)25)28-23(31)17-5-3-4-6-19(17)27-24(28)35-13-22(30)26-20-10-9-16(34-2)12-21(20)29(32)33/h3-12H,13H2,1-2H3,(H,26,30). The van der Waals surface area contributed by atoms with Gasteiger partial charge < -0.3 is 10.1 Å². The molecule has 0 unspecified atom stereocenters. The first-order chi connectivity index (χ1) is 16.8. The van der Waals surface area contributed by atoms with Gasteiger partial charge in [-0.1, -0.05) is 30.0 Å². The number of nitrogens with one attached hydrogen (secondary N) is 1. The van der Waals surface area contributed by atoms with Crippen LogP contribution in [0.2, 0.25) is 0 Å². The van der Waals surface area contributed by atoms with Gasteiger partial charge >= 0.3 is 0 Å².